The van der Waals surface area contributed by atoms with Gasteiger partial charge in [0.2, 0.25) is 0 Å². The van der Waals surface area contributed by atoms with Gasteiger partial charge in [-0.05, 0) is 36.8 Å². The van der Waals surface area contributed by atoms with E-state index in [2.05, 4.69) is 5.32 Å². The maximum Gasteiger partial charge on any atom is 0.274 e. The van der Waals surface area contributed by atoms with Crippen molar-refractivity contribution in [2.75, 3.05) is 19.0 Å². The maximum absolute atomic E-state index is 13.8. The van der Waals surface area contributed by atoms with Gasteiger partial charge < -0.3 is 4.74 Å². The number of carbonyl (C=O) groups excluding carboxylic acids is 1. The Morgan fingerprint density at radius 1 is 1.36 bits per heavy atom. The summed E-state index contributed by atoms with van der Waals surface area (Å²) in [6.45, 7) is 3.16. The number of aryl methyl sites for hydroxylation is 1. The van der Waals surface area contributed by atoms with Gasteiger partial charge in [0.15, 0.2) is 17.3 Å². The molecule has 1 unspecified atom stereocenters. The van der Waals surface area contributed by atoms with E-state index in [9.17, 15) is 9.18 Å². The van der Waals surface area contributed by atoms with E-state index in [0.717, 1.165) is 11.4 Å². The highest BCUT2D eigenvalue weighted by Gasteiger charge is 2.30. The molecule has 0 radical (unpaired) electrons. The van der Waals surface area contributed by atoms with Gasteiger partial charge in [0.25, 0.3) is 5.82 Å². The fourth-order valence-corrected chi connectivity index (χ4v) is 2.74. The van der Waals surface area contributed by atoms with Crippen molar-refractivity contribution >= 4 is 11.6 Å². The minimum Gasteiger partial charge on any atom is -0.494 e. The Hall–Kier alpha value is -2.43. The van der Waals surface area contributed by atoms with E-state index in [0.29, 0.717) is 18.7 Å². The summed E-state index contributed by atoms with van der Waals surface area (Å²) in [6.07, 6.45) is 2.01. The average molecular weight is 301 g/mol. The molecular formula is C17H18FN2O2+. The molecule has 1 aliphatic heterocycles. The predicted octanol–water partition coefficient (Wildman–Crippen LogP) is 2.35. The summed E-state index contributed by atoms with van der Waals surface area (Å²) in [4.78, 5) is 12.6. The summed E-state index contributed by atoms with van der Waals surface area (Å²) in [5.41, 5.74) is 1.51. The zero-order chi connectivity index (χ0) is 15.7. The van der Waals surface area contributed by atoms with Crippen molar-refractivity contribution in [2.45, 2.75) is 13.5 Å². The Morgan fingerprint density at radius 3 is 2.91 bits per heavy atom. The quantitative estimate of drug-likeness (QED) is 0.699. The van der Waals surface area contributed by atoms with E-state index >= 15 is 0 Å². The van der Waals surface area contributed by atoms with E-state index in [4.69, 9.17) is 4.74 Å². The normalized spacial score (nSPS) is 16.6. The molecule has 0 spiro atoms. The minimum absolute atomic E-state index is 0.0614. The number of hydrogen-bond donors (Lipinski definition) is 1. The number of ether oxygens (including phenoxy) is 1. The van der Waals surface area contributed by atoms with Crippen molar-refractivity contribution in [1.29, 1.82) is 0 Å². The molecule has 5 heteroatoms. The fraction of sp³-hybridized carbons (Fsp3) is 0.294. The number of carbonyl (C=O) groups is 1. The second-order valence-electron chi connectivity index (χ2n) is 5.54. The highest BCUT2D eigenvalue weighted by Crippen LogP contribution is 2.21. The zero-order valence-electron chi connectivity index (χ0n) is 12.6. The van der Waals surface area contributed by atoms with E-state index in [1.54, 1.807) is 6.07 Å². The lowest BCUT2D eigenvalue weighted by Crippen LogP contribution is -2.49. The maximum atomic E-state index is 13.8. The van der Waals surface area contributed by atoms with Crippen LogP contribution in [0, 0.1) is 18.7 Å². The summed E-state index contributed by atoms with van der Waals surface area (Å²) in [5, 5.41) is 3.25. The molecule has 1 atom stereocenters. The Kier molecular flexibility index (Phi) is 3.79. The van der Waals surface area contributed by atoms with Crippen molar-refractivity contribution in [1.82, 2.24) is 0 Å². The van der Waals surface area contributed by atoms with Gasteiger partial charge >= 0.3 is 0 Å². The number of Topliss-reactive ketones (excluding diaryl/α,β-unsaturated/α-hetero) is 1. The third kappa shape index (κ3) is 2.66. The van der Waals surface area contributed by atoms with E-state index in [1.807, 2.05) is 29.8 Å². The molecule has 0 saturated carbocycles. The monoisotopic (exact) mass is 301 g/mol. The lowest BCUT2D eigenvalue weighted by atomic mass is 9.95. The van der Waals surface area contributed by atoms with Crippen LogP contribution in [-0.2, 0) is 6.54 Å². The molecule has 0 aliphatic carbocycles. The van der Waals surface area contributed by atoms with Gasteiger partial charge in [-0.25, -0.2) is 8.96 Å². The fourth-order valence-electron chi connectivity index (χ4n) is 2.74. The molecule has 0 amide bonds. The average Bonchev–Trinajstić information content (AvgIpc) is 2.53. The smallest absolute Gasteiger partial charge is 0.274 e. The summed E-state index contributed by atoms with van der Waals surface area (Å²) < 4.78 is 20.7. The highest BCUT2D eigenvalue weighted by atomic mass is 19.1. The molecule has 114 valence electrons. The molecule has 1 aromatic heterocycles. The topological polar surface area (TPSA) is 42.2 Å². The first kappa shape index (κ1) is 14.5. The molecule has 0 fully saturated rings. The molecule has 3 rings (SSSR count). The standard InChI is InChI=1S/C17H17FN2O2/c1-11-3-6-16-19-8-13(10-20(16)9-11)17(21)12-4-5-15(22-2)14(18)7-12/h3-7,9,13H,8,10H2,1-2H3/p+1. The number of benzene rings is 1. The number of aromatic nitrogens is 1. The third-order valence-electron chi connectivity index (χ3n) is 3.93. The van der Waals surface area contributed by atoms with E-state index in [1.165, 1.54) is 19.2 Å². The Labute approximate surface area is 128 Å². The predicted molar refractivity (Wildman–Crippen MR) is 80.6 cm³/mol. The largest absolute Gasteiger partial charge is 0.494 e. The molecule has 0 bridgehead atoms. The third-order valence-corrected chi connectivity index (χ3v) is 3.93. The van der Waals surface area contributed by atoms with Crippen LogP contribution in [0.2, 0.25) is 0 Å². The minimum atomic E-state index is -0.513. The number of nitrogens with one attached hydrogen (secondary N) is 1. The summed E-state index contributed by atoms with van der Waals surface area (Å²) in [7, 11) is 1.40. The first-order valence-corrected chi connectivity index (χ1v) is 7.20. The van der Waals surface area contributed by atoms with Crippen LogP contribution >= 0.6 is 0 Å². The van der Waals surface area contributed by atoms with Crippen molar-refractivity contribution in [3.05, 3.63) is 53.5 Å². The Morgan fingerprint density at radius 2 is 2.18 bits per heavy atom. The molecule has 1 N–H and O–H groups in total. The Balaban J connectivity index is 1.83. The molecule has 1 aromatic carbocycles. The van der Waals surface area contributed by atoms with Crippen LogP contribution < -0.4 is 14.6 Å². The van der Waals surface area contributed by atoms with Crippen LogP contribution in [0.3, 0.4) is 0 Å². The van der Waals surface area contributed by atoms with Gasteiger partial charge in [-0.3, -0.25) is 10.1 Å². The molecular weight excluding hydrogens is 283 g/mol. The lowest BCUT2D eigenvalue weighted by Gasteiger charge is -2.20. The van der Waals surface area contributed by atoms with Crippen LogP contribution in [0.25, 0.3) is 0 Å². The van der Waals surface area contributed by atoms with Crippen molar-refractivity contribution in [2.24, 2.45) is 5.92 Å². The number of halogens is 1. The summed E-state index contributed by atoms with van der Waals surface area (Å²) in [6, 6.07) is 8.38. The second-order valence-corrected chi connectivity index (χ2v) is 5.54. The van der Waals surface area contributed by atoms with Crippen LogP contribution in [0.5, 0.6) is 5.75 Å². The molecule has 2 aromatic rings. The number of pyridine rings is 1. The zero-order valence-corrected chi connectivity index (χ0v) is 12.6. The summed E-state index contributed by atoms with van der Waals surface area (Å²) >= 11 is 0. The molecule has 22 heavy (non-hydrogen) atoms. The first-order chi connectivity index (χ1) is 10.6. The Bertz CT molecular complexity index is 731. The number of fused-ring (bicyclic) bond motifs is 1. The van der Waals surface area contributed by atoms with Gasteiger partial charge in [0.05, 0.1) is 25.8 Å². The van der Waals surface area contributed by atoms with E-state index in [-0.39, 0.29) is 17.5 Å². The van der Waals surface area contributed by atoms with Crippen molar-refractivity contribution in [3.63, 3.8) is 0 Å². The van der Waals surface area contributed by atoms with Gasteiger partial charge in [-0.15, -0.1) is 0 Å². The van der Waals surface area contributed by atoms with Gasteiger partial charge in [-0.1, -0.05) is 0 Å². The molecule has 2 heterocycles. The van der Waals surface area contributed by atoms with Crippen LogP contribution in [0.4, 0.5) is 10.2 Å². The number of nitrogens with zero attached hydrogens (tertiary/aromatic N) is 1. The first-order valence-electron chi connectivity index (χ1n) is 7.20. The second kappa shape index (κ2) is 5.75. The number of hydrogen-bond acceptors (Lipinski definition) is 3. The van der Waals surface area contributed by atoms with Crippen molar-refractivity contribution in [3.8, 4) is 5.75 Å². The molecule has 4 nitrogen and oxygen atoms in total. The van der Waals surface area contributed by atoms with Gasteiger partial charge in [0.1, 0.15) is 6.54 Å². The molecule has 0 saturated heterocycles. The number of anilines is 1. The van der Waals surface area contributed by atoms with Crippen LogP contribution in [0.1, 0.15) is 15.9 Å². The highest BCUT2D eigenvalue weighted by molar-refractivity contribution is 5.98. The number of rotatable bonds is 3. The molecule has 1 aliphatic rings. The SMILES string of the molecule is COc1ccc(C(=O)C2CNc3ccc(C)c[n+]3C2)cc1F. The van der Waals surface area contributed by atoms with E-state index < -0.39 is 5.82 Å². The van der Waals surface area contributed by atoms with Gasteiger partial charge in [0, 0.05) is 11.6 Å². The number of ketones is 1. The summed E-state index contributed by atoms with van der Waals surface area (Å²) in [5.74, 6) is 0.353. The van der Waals surface area contributed by atoms with Crippen molar-refractivity contribution < 1.29 is 18.5 Å². The van der Waals surface area contributed by atoms with Crippen LogP contribution in [-0.4, -0.2) is 19.4 Å². The van der Waals surface area contributed by atoms with Crippen LogP contribution in [0.15, 0.2) is 36.5 Å². The number of methoxy groups -OCH3 is 1. The van der Waals surface area contributed by atoms with Gasteiger partial charge in [-0.2, -0.15) is 0 Å². The lowest BCUT2D eigenvalue weighted by molar-refractivity contribution is -0.690.